The highest BCUT2D eigenvalue weighted by Crippen LogP contribution is 2.59. The molecule has 3 heterocycles. The fourth-order valence-electron chi connectivity index (χ4n) is 7.07. The fourth-order valence-corrected chi connectivity index (χ4v) is 7.07. The van der Waals surface area contributed by atoms with Crippen LogP contribution in [0.2, 0.25) is 0 Å². The molecule has 0 radical (unpaired) electrons. The lowest BCUT2D eigenvalue weighted by molar-refractivity contribution is 0.00591. The maximum absolute atomic E-state index is 14.2. The molecule has 4 N–H and O–H groups in total. The van der Waals surface area contributed by atoms with Gasteiger partial charge in [-0.1, -0.05) is 36.4 Å². The van der Waals surface area contributed by atoms with Crippen LogP contribution in [0.1, 0.15) is 85.4 Å². The van der Waals surface area contributed by atoms with Crippen molar-refractivity contribution in [2.75, 3.05) is 18.1 Å². The van der Waals surface area contributed by atoms with Gasteiger partial charge in [-0.05, 0) is 97.9 Å². The number of aliphatic hydroxyl groups is 2. The molecule has 5 rings (SSSR count). The maximum atomic E-state index is 14.2. The van der Waals surface area contributed by atoms with Gasteiger partial charge in [0.25, 0.3) is 0 Å². The van der Waals surface area contributed by atoms with Crippen LogP contribution in [0.25, 0.3) is 10.9 Å². The van der Waals surface area contributed by atoms with E-state index in [0.717, 1.165) is 27.6 Å². The van der Waals surface area contributed by atoms with E-state index < -0.39 is 58.7 Å². The number of likely N-dealkylation sites (tertiary alicyclic amines) is 1. The van der Waals surface area contributed by atoms with Crippen LogP contribution in [0.3, 0.4) is 0 Å². The molecule has 1 fully saturated rings. The van der Waals surface area contributed by atoms with E-state index in [2.05, 4.69) is 10.3 Å². The van der Waals surface area contributed by atoms with Crippen LogP contribution in [-0.2, 0) is 26.0 Å². The smallest absolute Gasteiger partial charge is 0.416 e. The number of benzene rings is 2. The van der Waals surface area contributed by atoms with Crippen LogP contribution in [-0.4, -0.2) is 86.6 Å². The van der Waals surface area contributed by atoms with Crippen LogP contribution in [0.5, 0.6) is 0 Å². The highest BCUT2D eigenvalue weighted by molar-refractivity contribution is 5.97. The van der Waals surface area contributed by atoms with E-state index in [0.29, 0.717) is 12.1 Å². The Morgan fingerprint density at radius 3 is 2.10 bits per heavy atom. The number of ether oxygens (including phenoxy) is 3. The van der Waals surface area contributed by atoms with E-state index in [1.54, 1.807) is 62.3 Å². The number of amides is 3. The number of anilines is 1. The normalized spacial score (nSPS) is 21.3. The zero-order valence-corrected chi connectivity index (χ0v) is 29.9. The fraction of sp³-hybridized carbons (Fsp3) is 0.541. The zero-order chi connectivity index (χ0) is 36.1. The topological polar surface area (TPSA) is 154 Å². The molecule has 2 aromatic carbocycles. The summed E-state index contributed by atoms with van der Waals surface area (Å²) >= 11 is 0. The van der Waals surface area contributed by atoms with Gasteiger partial charge < -0.3 is 34.7 Å². The number of aliphatic hydroxyl groups excluding tert-OH is 2. The first-order valence-electron chi connectivity index (χ1n) is 16.7. The molecular weight excluding hydrogens is 628 g/mol. The SMILES string of the molecule is CC(C)(C)OC(=O)N[C@H](CO)Cc1c[nH]c2c([C@]34C[C@@H](CO)N(C(=O)OC(C)(C)C)[C@H]3N(C(=O)OC(C)(C)C)c3ccccc34)cccc12. The van der Waals surface area contributed by atoms with Crippen LogP contribution in [0.15, 0.2) is 48.7 Å². The monoisotopic (exact) mass is 678 g/mol. The largest absolute Gasteiger partial charge is 0.444 e. The molecule has 0 saturated carbocycles. The van der Waals surface area contributed by atoms with Crippen molar-refractivity contribution in [1.29, 1.82) is 0 Å². The molecule has 0 unspecified atom stereocenters. The molecule has 2 aliphatic heterocycles. The standard InChI is InChI=1S/C37H50N4O8/c1-34(2,3)47-31(44)39-23(20-42)17-22-19-38-29-25(22)13-12-15-27(29)37-18-24(21-43)40(32(45)48-35(4,5)6)30(37)41(33(46)49-36(7,8)9)28-16-11-10-14-26(28)37/h10-16,19,23-24,30,38,42-43H,17-18,20-21H2,1-9H3,(H,39,44)/t23-,24-,30-,37+/m0/s1. The number of nitrogens with one attached hydrogen (secondary N) is 2. The average Bonchev–Trinajstić information content (AvgIpc) is 3.62. The van der Waals surface area contributed by atoms with Crippen molar-refractivity contribution in [3.05, 3.63) is 65.4 Å². The lowest BCUT2D eigenvalue weighted by Crippen LogP contribution is -2.57. The molecule has 0 bridgehead atoms. The van der Waals surface area contributed by atoms with E-state index >= 15 is 0 Å². The Kier molecular flexibility index (Phi) is 9.46. The first kappa shape index (κ1) is 36.0. The first-order chi connectivity index (χ1) is 22.8. The number of alkyl carbamates (subject to hydrolysis) is 1. The Morgan fingerprint density at radius 1 is 0.878 bits per heavy atom. The van der Waals surface area contributed by atoms with Crippen molar-refractivity contribution in [1.82, 2.24) is 15.2 Å². The minimum Gasteiger partial charge on any atom is -0.444 e. The lowest BCUT2D eigenvalue weighted by Gasteiger charge is -2.39. The van der Waals surface area contributed by atoms with E-state index in [9.17, 15) is 24.6 Å². The van der Waals surface area contributed by atoms with Crippen LogP contribution in [0, 0.1) is 0 Å². The lowest BCUT2D eigenvalue weighted by atomic mass is 9.71. The predicted molar refractivity (Wildman–Crippen MR) is 186 cm³/mol. The summed E-state index contributed by atoms with van der Waals surface area (Å²) in [4.78, 5) is 47.2. The Hall–Kier alpha value is -4.29. The molecule has 0 aliphatic carbocycles. The minimum absolute atomic E-state index is 0.288. The molecule has 12 heteroatoms. The summed E-state index contributed by atoms with van der Waals surface area (Å²) in [5, 5.41) is 24.6. The van der Waals surface area contributed by atoms with Gasteiger partial charge in [-0.2, -0.15) is 0 Å². The summed E-state index contributed by atoms with van der Waals surface area (Å²) in [7, 11) is 0. The molecule has 3 amide bonds. The van der Waals surface area contributed by atoms with Gasteiger partial charge in [0.2, 0.25) is 0 Å². The average molecular weight is 679 g/mol. The number of carbonyl (C=O) groups is 3. The van der Waals surface area contributed by atoms with Crippen molar-refractivity contribution in [3.63, 3.8) is 0 Å². The number of rotatable bonds is 6. The van der Waals surface area contributed by atoms with E-state index in [1.807, 2.05) is 48.7 Å². The number of carbonyl (C=O) groups excluding carboxylic acids is 3. The van der Waals surface area contributed by atoms with Gasteiger partial charge >= 0.3 is 18.3 Å². The molecule has 4 atom stereocenters. The van der Waals surface area contributed by atoms with Crippen molar-refractivity contribution in [3.8, 4) is 0 Å². The molecule has 12 nitrogen and oxygen atoms in total. The van der Waals surface area contributed by atoms with Gasteiger partial charge in [-0.25, -0.2) is 14.4 Å². The number of hydrogen-bond acceptors (Lipinski definition) is 8. The van der Waals surface area contributed by atoms with E-state index in [1.165, 1.54) is 9.80 Å². The van der Waals surface area contributed by atoms with Gasteiger partial charge in [0.1, 0.15) is 23.0 Å². The molecule has 3 aromatic rings. The third kappa shape index (κ3) is 7.07. The molecule has 49 heavy (non-hydrogen) atoms. The number of hydrogen-bond donors (Lipinski definition) is 4. The van der Waals surface area contributed by atoms with Crippen molar-refractivity contribution < 1.29 is 38.8 Å². The second kappa shape index (κ2) is 12.9. The molecule has 0 spiro atoms. The Labute approximate surface area is 287 Å². The summed E-state index contributed by atoms with van der Waals surface area (Å²) < 4.78 is 17.3. The van der Waals surface area contributed by atoms with Gasteiger partial charge in [0.15, 0.2) is 0 Å². The van der Waals surface area contributed by atoms with Crippen LogP contribution < -0.4 is 10.2 Å². The van der Waals surface area contributed by atoms with Crippen molar-refractivity contribution >= 4 is 34.9 Å². The molecular formula is C37H50N4O8. The summed E-state index contributed by atoms with van der Waals surface area (Å²) in [6.07, 6.45) is -0.410. The number of aromatic nitrogens is 1. The van der Waals surface area contributed by atoms with Gasteiger partial charge in [0, 0.05) is 17.1 Å². The first-order valence-corrected chi connectivity index (χ1v) is 16.7. The molecule has 1 saturated heterocycles. The quantitative estimate of drug-likeness (QED) is 0.233. The van der Waals surface area contributed by atoms with Crippen molar-refractivity contribution in [2.45, 2.75) is 116 Å². The Balaban J connectivity index is 1.67. The maximum Gasteiger partial charge on any atom is 0.416 e. The number of nitrogens with zero attached hydrogens (tertiary/aromatic N) is 2. The van der Waals surface area contributed by atoms with Gasteiger partial charge in [-0.15, -0.1) is 0 Å². The summed E-state index contributed by atoms with van der Waals surface area (Å²) in [5.41, 5.74) is 0.451. The second-order valence-electron chi connectivity index (χ2n) is 15.9. The zero-order valence-electron chi connectivity index (χ0n) is 29.9. The highest BCUT2D eigenvalue weighted by atomic mass is 16.6. The number of H-pyrrole nitrogens is 1. The van der Waals surface area contributed by atoms with Crippen LogP contribution >= 0.6 is 0 Å². The predicted octanol–water partition coefficient (Wildman–Crippen LogP) is 5.97. The summed E-state index contributed by atoms with van der Waals surface area (Å²) in [6.45, 7) is 15.3. The van der Waals surface area contributed by atoms with Gasteiger partial charge in [0.05, 0.1) is 36.4 Å². The van der Waals surface area contributed by atoms with Gasteiger partial charge in [-0.3, -0.25) is 9.80 Å². The Bertz CT molecular complexity index is 1720. The molecule has 2 aliphatic rings. The van der Waals surface area contributed by atoms with Crippen molar-refractivity contribution in [2.24, 2.45) is 0 Å². The summed E-state index contributed by atoms with van der Waals surface area (Å²) in [6, 6.07) is 12.1. The van der Waals surface area contributed by atoms with E-state index in [-0.39, 0.29) is 19.6 Å². The number of fused-ring (bicyclic) bond motifs is 4. The molecule has 266 valence electrons. The Morgan fingerprint density at radius 2 is 1.49 bits per heavy atom. The third-order valence-corrected chi connectivity index (χ3v) is 8.64. The van der Waals surface area contributed by atoms with E-state index in [4.69, 9.17) is 14.2 Å². The van der Waals surface area contributed by atoms with Crippen LogP contribution in [0.4, 0.5) is 20.1 Å². The summed E-state index contributed by atoms with van der Waals surface area (Å²) in [5.74, 6) is 0. The minimum atomic E-state index is -1.01. The second-order valence-corrected chi connectivity index (χ2v) is 15.9. The number of aromatic amines is 1. The number of para-hydroxylation sites is 2. The third-order valence-electron chi connectivity index (χ3n) is 8.64. The molecule has 1 aromatic heterocycles. The highest BCUT2D eigenvalue weighted by Gasteiger charge is 2.65.